The van der Waals surface area contributed by atoms with Gasteiger partial charge in [0.1, 0.15) is 0 Å². The van der Waals surface area contributed by atoms with Crippen molar-refractivity contribution in [1.29, 1.82) is 0 Å². The highest BCUT2D eigenvalue weighted by atomic mass is 33.1. The molecule has 0 aromatic heterocycles. The van der Waals surface area contributed by atoms with Gasteiger partial charge in [-0.2, -0.15) is 0 Å². The van der Waals surface area contributed by atoms with E-state index in [1.54, 1.807) is 0 Å². The fourth-order valence-electron chi connectivity index (χ4n) is 0.657. The van der Waals surface area contributed by atoms with Gasteiger partial charge in [0.15, 0.2) is 0 Å². The summed E-state index contributed by atoms with van der Waals surface area (Å²) < 4.78 is 54.8. The van der Waals surface area contributed by atoms with Crippen LogP contribution in [0.1, 0.15) is 12.8 Å². The van der Waals surface area contributed by atoms with Crippen LogP contribution in [-0.2, 0) is 25.7 Å². The molecular weight excluding hydrogens is 296 g/mol. The molecule has 98 valence electrons. The van der Waals surface area contributed by atoms with Crippen LogP contribution in [0.15, 0.2) is 0 Å². The van der Waals surface area contributed by atoms with Crippen LogP contribution in [0, 0.1) is 0 Å². The zero-order valence-electron chi connectivity index (χ0n) is 8.33. The van der Waals surface area contributed by atoms with Gasteiger partial charge in [0.25, 0.3) is 0 Å². The molecule has 0 N–H and O–H groups in total. The maximum Gasteiger partial charge on any atom is 0.0946 e. The molecule has 0 amide bonds. The zero-order chi connectivity index (χ0) is 12.4. The Morgan fingerprint density at radius 2 is 1.75 bits per heavy atom. The minimum atomic E-state index is -4.10. The van der Waals surface area contributed by atoms with Crippen LogP contribution in [0.4, 0.5) is 0 Å². The highest BCUT2D eigenvalue weighted by Crippen LogP contribution is 2.22. The first-order valence-corrected chi connectivity index (χ1v) is 9.39. The van der Waals surface area contributed by atoms with Crippen molar-refractivity contribution in [2.24, 2.45) is 0 Å². The third kappa shape index (κ3) is 14.7. The topological polar surface area (TPSA) is 107 Å². The second-order valence-electron chi connectivity index (χ2n) is 2.64. The van der Waals surface area contributed by atoms with E-state index in [2.05, 4.69) is 4.18 Å². The van der Waals surface area contributed by atoms with Gasteiger partial charge in [0, 0.05) is 17.3 Å². The van der Waals surface area contributed by atoms with E-state index in [9.17, 15) is 21.7 Å². The standard InChI is InChI=1S/C6H14O6S4/c7-15(8)12-3-1-4-13-14-5-2-6-16(9,10)11/h1-6H2,(H,7,8)(H,9,10,11)/p-2. The normalized spacial score (nSPS) is 13.9. The van der Waals surface area contributed by atoms with Gasteiger partial charge in [-0.05, 0) is 12.8 Å². The lowest BCUT2D eigenvalue weighted by Crippen LogP contribution is -2.04. The molecule has 0 aliphatic carbocycles. The molecule has 0 radical (unpaired) electrons. The highest BCUT2D eigenvalue weighted by Gasteiger charge is 1.96. The second kappa shape index (κ2) is 9.68. The van der Waals surface area contributed by atoms with Crippen LogP contribution in [0.2, 0.25) is 0 Å². The van der Waals surface area contributed by atoms with Gasteiger partial charge < -0.3 is 13.3 Å². The van der Waals surface area contributed by atoms with Crippen LogP contribution >= 0.6 is 21.6 Å². The van der Waals surface area contributed by atoms with Gasteiger partial charge >= 0.3 is 0 Å². The summed E-state index contributed by atoms with van der Waals surface area (Å²) in [5.74, 6) is 0.964. The minimum absolute atomic E-state index is 0.151. The van der Waals surface area contributed by atoms with Crippen LogP contribution in [0.3, 0.4) is 0 Å². The largest absolute Gasteiger partial charge is 0.750 e. The zero-order valence-corrected chi connectivity index (χ0v) is 11.6. The maximum atomic E-state index is 10.2. The molecule has 0 saturated carbocycles. The first-order chi connectivity index (χ1) is 7.42. The van der Waals surface area contributed by atoms with E-state index in [-0.39, 0.29) is 12.4 Å². The highest BCUT2D eigenvalue weighted by molar-refractivity contribution is 8.76. The Balaban J connectivity index is 3.13. The van der Waals surface area contributed by atoms with Gasteiger partial charge in [-0.1, -0.05) is 21.6 Å². The van der Waals surface area contributed by atoms with Crippen LogP contribution in [0.5, 0.6) is 0 Å². The quantitative estimate of drug-likeness (QED) is 0.248. The molecule has 0 saturated heterocycles. The Morgan fingerprint density at radius 3 is 2.25 bits per heavy atom. The molecule has 0 heterocycles. The summed E-state index contributed by atoms with van der Waals surface area (Å²) in [5.41, 5.74) is 0. The monoisotopic (exact) mass is 308 g/mol. The summed E-state index contributed by atoms with van der Waals surface area (Å²) in [6.45, 7) is 0.151. The second-order valence-corrected chi connectivity index (χ2v) is 7.51. The van der Waals surface area contributed by atoms with E-state index in [0.717, 1.165) is 0 Å². The van der Waals surface area contributed by atoms with Gasteiger partial charge in [-0.3, -0.25) is 0 Å². The Labute approximate surface area is 106 Å². The van der Waals surface area contributed by atoms with E-state index in [1.807, 2.05) is 0 Å². The van der Waals surface area contributed by atoms with Crippen molar-refractivity contribution >= 4 is 43.1 Å². The van der Waals surface area contributed by atoms with E-state index < -0.39 is 21.5 Å². The van der Waals surface area contributed by atoms with Crippen molar-refractivity contribution in [2.75, 3.05) is 23.9 Å². The van der Waals surface area contributed by atoms with Crippen LogP contribution in [-0.4, -0.2) is 45.6 Å². The molecule has 0 aromatic rings. The summed E-state index contributed by atoms with van der Waals surface area (Å²) in [7, 11) is -1.15. The average molecular weight is 308 g/mol. The predicted octanol–water partition coefficient (Wildman–Crippen LogP) is 0.504. The molecule has 6 nitrogen and oxygen atoms in total. The molecule has 1 atom stereocenters. The molecule has 0 aliphatic rings. The number of rotatable bonds is 10. The van der Waals surface area contributed by atoms with Crippen molar-refractivity contribution in [1.82, 2.24) is 0 Å². The molecule has 0 spiro atoms. The smallest absolute Gasteiger partial charge is 0.0946 e. The van der Waals surface area contributed by atoms with Gasteiger partial charge in [0.05, 0.1) is 28.1 Å². The van der Waals surface area contributed by atoms with Crippen molar-refractivity contribution in [3.8, 4) is 0 Å². The lowest BCUT2D eigenvalue weighted by molar-refractivity contribution is 0.301. The third-order valence-electron chi connectivity index (χ3n) is 1.26. The van der Waals surface area contributed by atoms with Crippen molar-refractivity contribution in [3.63, 3.8) is 0 Å². The van der Waals surface area contributed by atoms with E-state index >= 15 is 0 Å². The maximum absolute atomic E-state index is 10.2. The summed E-state index contributed by atoms with van der Waals surface area (Å²) in [4.78, 5) is 0. The number of hydrogen-bond acceptors (Lipinski definition) is 8. The molecule has 1 unspecified atom stereocenters. The summed E-state index contributed by atoms with van der Waals surface area (Å²) in [6.07, 6.45) is 0.941. The lowest BCUT2D eigenvalue weighted by atomic mass is 10.5. The molecule has 0 rings (SSSR count). The van der Waals surface area contributed by atoms with E-state index in [4.69, 9.17) is 0 Å². The molecule has 0 aliphatic heterocycles. The summed E-state index contributed by atoms with van der Waals surface area (Å²) >= 11 is -2.45. The number of hydrogen-bond donors (Lipinski definition) is 0. The first kappa shape index (κ1) is 16.7. The van der Waals surface area contributed by atoms with Crippen molar-refractivity contribution in [2.45, 2.75) is 12.8 Å². The molecule has 0 bridgehead atoms. The van der Waals surface area contributed by atoms with Crippen molar-refractivity contribution < 1.29 is 25.9 Å². The fraction of sp³-hybridized carbons (Fsp3) is 1.00. The molecular formula is C6H12O6S4-2. The van der Waals surface area contributed by atoms with E-state index in [1.165, 1.54) is 21.6 Å². The molecule has 10 heteroatoms. The Hall–Kier alpha value is 0.680. The Kier molecular flexibility index (Phi) is 10.1. The molecule has 0 aromatic carbocycles. The molecule has 0 fully saturated rings. The average Bonchev–Trinajstić information content (AvgIpc) is 2.13. The predicted molar refractivity (Wildman–Crippen MR) is 63.6 cm³/mol. The van der Waals surface area contributed by atoms with Crippen molar-refractivity contribution in [3.05, 3.63) is 0 Å². The van der Waals surface area contributed by atoms with Gasteiger partial charge in [0.2, 0.25) is 0 Å². The summed E-state index contributed by atoms with van der Waals surface area (Å²) in [6, 6.07) is 0. The Morgan fingerprint density at radius 1 is 1.19 bits per heavy atom. The SMILES string of the molecule is O=S([O-])OCCCSSCCCS(=O)(=O)[O-]. The van der Waals surface area contributed by atoms with Gasteiger partial charge in [-0.25, -0.2) is 12.6 Å². The van der Waals surface area contributed by atoms with Gasteiger partial charge in [-0.15, -0.1) is 0 Å². The fourth-order valence-corrected chi connectivity index (χ4v) is 3.74. The van der Waals surface area contributed by atoms with E-state index in [0.29, 0.717) is 24.3 Å². The lowest BCUT2D eigenvalue weighted by Gasteiger charge is -2.06. The van der Waals surface area contributed by atoms with Crippen LogP contribution < -0.4 is 0 Å². The third-order valence-corrected chi connectivity index (χ3v) is 4.98. The minimum Gasteiger partial charge on any atom is -0.750 e. The Bertz CT molecular complexity index is 289. The first-order valence-electron chi connectivity index (χ1n) is 4.32. The summed E-state index contributed by atoms with van der Waals surface area (Å²) in [5, 5.41) is 0. The van der Waals surface area contributed by atoms with Crippen LogP contribution in [0.25, 0.3) is 0 Å². The molecule has 16 heavy (non-hydrogen) atoms.